The maximum Gasteiger partial charge on any atom is 0.308 e. The summed E-state index contributed by atoms with van der Waals surface area (Å²) in [6, 6.07) is 12.9. The zero-order valence-corrected chi connectivity index (χ0v) is 21.5. The number of alkyl halides is 1. The zero-order chi connectivity index (χ0) is 24.9. The van der Waals surface area contributed by atoms with E-state index in [0.29, 0.717) is 18.5 Å². The van der Waals surface area contributed by atoms with Gasteiger partial charge in [-0.15, -0.1) is 18.3 Å². The van der Waals surface area contributed by atoms with Crippen molar-refractivity contribution in [1.82, 2.24) is 4.90 Å². The number of aliphatic hydroxyl groups is 1. The number of thioether (sulfide) groups is 1. The third-order valence-corrected chi connectivity index (χ3v) is 10.7. The molecule has 3 fully saturated rings. The van der Waals surface area contributed by atoms with Crippen LogP contribution in [0.3, 0.4) is 0 Å². The summed E-state index contributed by atoms with van der Waals surface area (Å²) in [5.41, 5.74) is 0.700. The van der Waals surface area contributed by atoms with Gasteiger partial charge in [0.25, 0.3) is 5.91 Å². The van der Waals surface area contributed by atoms with E-state index in [9.17, 15) is 24.6 Å². The Morgan fingerprint density at radius 1 is 1.26 bits per heavy atom. The van der Waals surface area contributed by atoms with Gasteiger partial charge in [-0.25, -0.2) is 0 Å². The van der Waals surface area contributed by atoms with Crippen LogP contribution in [0.4, 0.5) is 5.69 Å². The number of carbonyl (C=O) groups excluding carboxylic acids is 2. The van der Waals surface area contributed by atoms with Gasteiger partial charge in [0.05, 0.1) is 16.6 Å². The standard InChI is InChI=1S/C26H27BrN2O5S/c1-2-10-28(17-9-8-15-6-3-4-7-16(15)13-17)24(32)22-26-14-18(27)21(35-26)19(25(33)34)20(26)23(31)29(22)11-5-12-30/h2-4,6-9,13,18-22,30H,1,5,10-12,14H2,(H,33,34)/t18?,19-,20-,21-,22?,26?/m0/s1. The van der Waals surface area contributed by atoms with Crippen LogP contribution in [0.2, 0.25) is 0 Å². The van der Waals surface area contributed by atoms with Crippen molar-refractivity contribution in [2.45, 2.75) is 33.7 Å². The van der Waals surface area contributed by atoms with Gasteiger partial charge in [-0.2, -0.15) is 0 Å². The molecule has 6 atom stereocenters. The summed E-state index contributed by atoms with van der Waals surface area (Å²) in [6.45, 7) is 4.18. The molecule has 2 amide bonds. The second-order valence-electron chi connectivity index (χ2n) is 9.38. The summed E-state index contributed by atoms with van der Waals surface area (Å²) in [7, 11) is 0. The second kappa shape index (κ2) is 9.26. The first-order chi connectivity index (χ1) is 16.8. The van der Waals surface area contributed by atoms with Crippen LogP contribution < -0.4 is 4.90 Å². The Labute approximate surface area is 216 Å². The number of benzene rings is 2. The molecular formula is C26H27BrN2O5S. The number of hydrogen-bond donors (Lipinski definition) is 2. The number of nitrogens with zero attached hydrogens (tertiary/aromatic N) is 2. The molecule has 5 rings (SSSR count). The van der Waals surface area contributed by atoms with Crippen LogP contribution in [0.5, 0.6) is 0 Å². The number of halogens is 1. The molecule has 3 aliphatic heterocycles. The largest absolute Gasteiger partial charge is 0.481 e. The van der Waals surface area contributed by atoms with Gasteiger partial charge < -0.3 is 20.0 Å². The maximum atomic E-state index is 14.3. The lowest BCUT2D eigenvalue weighted by Gasteiger charge is -2.37. The summed E-state index contributed by atoms with van der Waals surface area (Å²) in [6.07, 6.45) is 2.51. The summed E-state index contributed by atoms with van der Waals surface area (Å²) in [4.78, 5) is 43.3. The van der Waals surface area contributed by atoms with Gasteiger partial charge in [-0.05, 0) is 35.7 Å². The summed E-state index contributed by atoms with van der Waals surface area (Å²) in [5, 5.41) is 21.3. The highest BCUT2D eigenvalue weighted by atomic mass is 79.9. The first kappa shape index (κ1) is 24.3. The molecule has 2 aromatic rings. The van der Waals surface area contributed by atoms with Crippen molar-refractivity contribution in [2.75, 3.05) is 24.6 Å². The molecule has 9 heteroatoms. The Morgan fingerprint density at radius 3 is 2.69 bits per heavy atom. The summed E-state index contributed by atoms with van der Waals surface area (Å²) in [5.74, 6) is -3.16. The van der Waals surface area contributed by atoms with E-state index in [2.05, 4.69) is 22.5 Å². The van der Waals surface area contributed by atoms with E-state index in [1.54, 1.807) is 11.0 Å². The fourth-order valence-corrected chi connectivity index (χ4v) is 9.72. The minimum absolute atomic E-state index is 0.0979. The van der Waals surface area contributed by atoms with Crippen molar-refractivity contribution in [2.24, 2.45) is 11.8 Å². The van der Waals surface area contributed by atoms with E-state index in [-0.39, 0.29) is 41.6 Å². The molecular weight excluding hydrogens is 532 g/mol. The summed E-state index contributed by atoms with van der Waals surface area (Å²) >= 11 is 5.13. The topological polar surface area (TPSA) is 98.2 Å². The molecule has 3 unspecified atom stereocenters. The van der Waals surface area contributed by atoms with Gasteiger partial charge in [0.15, 0.2) is 0 Å². The van der Waals surface area contributed by atoms with Crippen molar-refractivity contribution in [1.29, 1.82) is 0 Å². The molecule has 0 radical (unpaired) electrons. The van der Waals surface area contributed by atoms with Crippen molar-refractivity contribution in [3.8, 4) is 0 Å². The Balaban J connectivity index is 1.59. The van der Waals surface area contributed by atoms with Crippen molar-refractivity contribution >= 4 is 61.9 Å². The minimum Gasteiger partial charge on any atom is -0.481 e. The Hall–Kier alpha value is -2.36. The lowest BCUT2D eigenvalue weighted by atomic mass is 9.71. The van der Waals surface area contributed by atoms with Gasteiger partial charge in [0.1, 0.15) is 6.04 Å². The quantitative estimate of drug-likeness (QED) is 0.381. The van der Waals surface area contributed by atoms with Crippen LogP contribution >= 0.6 is 27.7 Å². The number of rotatable bonds is 8. The van der Waals surface area contributed by atoms with E-state index in [0.717, 1.165) is 10.8 Å². The van der Waals surface area contributed by atoms with E-state index < -0.39 is 28.6 Å². The Bertz CT molecular complexity index is 1210. The lowest BCUT2D eigenvalue weighted by Crippen LogP contribution is -2.55. The fraction of sp³-hybridized carbons (Fsp3) is 0.423. The van der Waals surface area contributed by atoms with E-state index >= 15 is 0 Å². The van der Waals surface area contributed by atoms with Gasteiger partial charge in [-0.3, -0.25) is 14.4 Å². The van der Waals surface area contributed by atoms with E-state index in [1.165, 1.54) is 16.7 Å². The Kier molecular flexibility index (Phi) is 6.44. The zero-order valence-electron chi connectivity index (χ0n) is 19.0. The second-order valence-corrected chi connectivity index (χ2v) is 12.1. The molecule has 3 aliphatic rings. The molecule has 3 saturated heterocycles. The van der Waals surface area contributed by atoms with Crippen LogP contribution in [-0.4, -0.2) is 73.5 Å². The highest BCUT2D eigenvalue weighted by Gasteiger charge is 2.76. The summed E-state index contributed by atoms with van der Waals surface area (Å²) < 4.78 is -0.832. The third-order valence-electron chi connectivity index (χ3n) is 7.49. The number of likely N-dealkylation sites (tertiary alicyclic amines) is 1. The maximum absolute atomic E-state index is 14.3. The van der Waals surface area contributed by atoms with E-state index in [4.69, 9.17) is 0 Å². The van der Waals surface area contributed by atoms with E-state index in [1.807, 2.05) is 42.5 Å². The number of amides is 2. The molecule has 1 spiro atoms. The van der Waals surface area contributed by atoms with Crippen LogP contribution in [0.15, 0.2) is 55.1 Å². The number of anilines is 1. The monoisotopic (exact) mass is 558 g/mol. The minimum atomic E-state index is -1.00. The molecule has 2 N–H and O–H groups in total. The molecule has 2 bridgehead atoms. The number of carbonyl (C=O) groups is 3. The molecule has 0 aromatic heterocycles. The molecule has 35 heavy (non-hydrogen) atoms. The van der Waals surface area contributed by atoms with Crippen molar-refractivity contribution in [3.63, 3.8) is 0 Å². The van der Waals surface area contributed by atoms with Crippen molar-refractivity contribution < 1.29 is 24.6 Å². The van der Waals surface area contributed by atoms with Gasteiger partial charge in [0.2, 0.25) is 5.91 Å². The molecule has 2 aromatic carbocycles. The highest BCUT2D eigenvalue weighted by Crippen LogP contribution is 2.67. The molecule has 0 aliphatic carbocycles. The third kappa shape index (κ3) is 3.70. The number of aliphatic hydroxyl groups excluding tert-OH is 1. The molecule has 7 nitrogen and oxygen atoms in total. The van der Waals surface area contributed by atoms with Gasteiger partial charge >= 0.3 is 5.97 Å². The van der Waals surface area contributed by atoms with Crippen LogP contribution in [0.1, 0.15) is 12.8 Å². The lowest BCUT2D eigenvalue weighted by molar-refractivity contribution is -0.148. The Morgan fingerprint density at radius 2 is 2.00 bits per heavy atom. The van der Waals surface area contributed by atoms with Crippen molar-refractivity contribution in [3.05, 3.63) is 55.1 Å². The van der Waals surface area contributed by atoms with Crippen LogP contribution in [0.25, 0.3) is 10.8 Å². The van der Waals surface area contributed by atoms with Crippen LogP contribution in [-0.2, 0) is 14.4 Å². The number of fused-ring (bicyclic) bond motifs is 2. The first-order valence-corrected chi connectivity index (χ1v) is 13.5. The number of carboxylic acids is 1. The highest BCUT2D eigenvalue weighted by molar-refractivity contribution is 9.09. The van der Waals surface area contributed by atoms with Gasteiger partial charge in [0, 0.05) is 35.5 Å². The fourth-order valence-electron chi connectivity index (χ4n) is 6.12. The molecule has 3 heterocycles. The average molecular weight is 559 g/mol. The van der Waals surface area contributed by atoms with Gasteiger partial charge in [-0.1, -0.05) is 52.3 Å². The average Bonchev–Trinajstić information content (AvgIpc) is 3.44. The van der Waals surface area contributed by atoms with Crippen LogP contribution in [0, 0.1) is 11.8 Å². The normalized spacial score (nSPS) is 31.1. The SMILES string of the molecule is C=CCN(C(=O)C1N(CCCO)C(=O)[C@@H]2[C@H](C(=O)O)[C@H]3SC12CC3Br)c1ccc2ccccc2c1. The number of hydrogen-bond acceptors (Lipinski definition) is 5. The smallest absolute Gasteiger partial charge is 0.308 e. The molecule has 184 valence electrons. The predicted octanol–water partition coefficient (Wildman–Crippen LogP) is 3.29. The number of carboxylic acid groups (broad SMARTS) is 1. The predicted molar refractivity (Wildman–Crippen MR) is 140 cm³/mol. The first-order valence-electron chi connectivity index (χ1n) is 11.7. The molecule has 0 saturated carbocycles. The number of aliphatic carboxylic acids is 1.